The zero-order valence-electron chi connectivity index (χ0n) is 16.7. The number of amides is 1. The maximum atomic E-state index is 12.4. The molecule has 0 bridgehead atoms. The summed E-state index contributed by atoms with van der Waals surface area (Å²) in [6, 6.07) is 12.9. The number of piperazine rings is 1. The summed E-state index contributed by atoms with van der Waals surface area (Å²) < 4.78 is 0. The molecule has 0 radical (unpaired) electrons. The van der Waals surface area contributed by atoms with Crippen LogP contribution in [0.25, 0.3) is 0 Å². The van der Waals surface area contributed by atoms with Crippen LogP contribution in [0.3, 0.4) is 0 Å². The lowest BCUT2D eigenvalue weighted by Gasteiger charge is -2.37. The van der Waals surface area contributed by atoms with Crippen LogP contribution in [0.15, 0.2) is 42.6 Å². The van der Waals surface area contributed by atoms with Crippen molar-refractivity contribution in [3.63, 3.8) is 0 Å². The average molecular weight is 379 g/mol. The quantitative estimate of drug-likeness (QED) is 0.880. The molecule has 1 saturated carbocycles. The molecule has 1 saturated heterocycles. The number of benzene rings is 1. The van der Waals surface area contributed by atoms with Gasteiger partial charge in [-0.15, -0.1) is 0 Å². The topological polar surface area (TPSA) is 48.5 Å². The molecule has 1 N–H and O–H groups in total. The normalized spacial score (nSPS) is 18.2. The maximum absolute atomic E-state index is 12.4. The molecule has 2 heterocycles. The second-order valence-electron chi connectivity index (χ2n) is 8.02. The number of pyridine rings is 1. The van der Waals surface area contributed by atoms with Gasteiger partial charge in [-0.05, 0) is 49.6 Å². The fourth-order valence-electron chi connectivity index (χ4n) is 4.26. The van der Waals surface area contributed by atoms with E-state index in [9.17, 15) is 4.79 Å². The summed E-state index contributed by atoms with van der Waals surface area (Å²) in [5.74, 6) is -0.0392. The fraction of sp³-hybridized carbons (Fsp3) is 0.478. The number of aryl methyl sites for hydroxylation is 1. The molecular formula is C23H30N4O. The number of hydrogen-bond donors (Lipinski definition) is 1. The van der Waals surface area contributed by atoms with Gasteiger partial charge in [0.25, 0.3) is 5.91 Å². The molecule has 4 rings (SSSR count). The van der Waals surface area contributed by atoms with Crippen LogP contribution < -0.4 is 15.1 Å². The van der Waals surface area contributed by atoms with Crippen LogP contribution in [0, 0.1) is 6.92 Å². The highest BCUT2D eigenvalue weighted by molar-refractivity contribution is 5.92. The number of anilines is 2. The van der Waals surface area contributed by atoms with Crippen LogP contribution in [-0.2, 0) is 0 Å². The van der Waals surface area contributed by atoms with Gasteiger partial charge < -0.3 is 15.1 Å². The Hall–Kier alpha value is -2.56. The summed E-state index contributed by atoms with van der Waals surface area (Å²) in [5.41, 5.74) is 4.21. The molecule has 1 amide bonds. The third-order valence-electron chi connectivity index (χ3n) is 5.93. The summed E-state index contributed by atoms with van der Waals surface area (Å²) in [6.07, 6.45) is 7.75. The molecule has 0 spiro atoms. The van der Waals surface area contributed by atoms with Crippen molar-refractivity contribution in [2.75, 3.05) is 36.0 Å². The number of carbonyl (C=O) groups excluding carboxylic acids is 1. The van der Waals surface area contributed by atoms with Gasteiger partial charge in [-0.3, -0.25) is 4.79 Å². The van der Waals surface area contributed by atoms with Crippen LogP contribution in [0.1, 0.15) is 48.2 Å². The largest absolute Gasteiger partial charge is 0.368 e. The standard InChI is InChI=1S/C23H30N4O/c1-18-6-5-9-20(16-18)26-12-14-27(15-13-26)21-10-11-22(24-17-21)23(28)25-19-7-3-2-4-8-19/h5-6,9-11,16-17,19H,2-4,7-8,12-15H2,1H3,(H,25,28). The first kappa shape index (κ1) is 18.8. The summed E-state index contributed by atoms with van der Waals surface area (Å²) in [5, 5.41) is 3.14. The van der Waals surface area contributed by atoms with E-state index in [4.69, 9.17) is 0 Å². The van der Waals surface area contributed by atoms with E-state index in [0.29, 0.717) is 11.7 Å². The van der Waals surface area contributed by atoms with E-state index in [1.807, 2.05) is 18.3 Å². The molecule has 1 aromatic heterocycles. The van der Waals surface area contributed by atoms with Crippen molar-refractivity contribution in [3.8, 4) is 0 Å². The van der Waals surface area contributed by atoms with Gasteiger partial charge in [0.15, 0.2) is 0 Å². The van der Waals surface area contributed by atoms with E-state index in [-0.39, 0.29) is 5.91 Å². The minimum Gasteiger partial charge on any atom is -0.368 e. The molecule has 28 heavy (non-hydrogen) atoms. The Morgan fingerprint density at radius 2 is 1.68 bits per heavy atom. The summed E-state index contributed by atoms with van der Waals surface area (Å²) >= 11 is 0. The van der Waals surface area contributed by atoms with Crippen LogP contribution in [0.2, 0.25) is 0 Å². The van der Waals surface area contributed by atoms with Gasteiger partial charge in [-0.2, -0.15) is 0 Å². The molecule has 2 aliphatic rings. The lowest BCUT2D eigenvalue weighted by atomic mass is 9.95. The molecule has 0 atom stereocenters. The fourth-order valence-corrected chi connectivity index (χ4v) is 4.26. The molecule has 1 aliphatic carbocycles. The Morgan fingerprint density at radius 1 is 0.964 bits per heavy atom. The van der Waals surface area contributed by atoms with Gasteiger partial charge >= 0.3 is 0 Å². The molecule has 2 fully saturated rings. The Bertz CT molecular complexity index is 791. The van der Waals surface area contributed by atoms with Gasteiger partial charge in [0.1, 0.15) is 5.69 Å². The van der Waals surface area contributed by atoms with Crippen molar-refractivity contribution in [3.05, 3.63) is 53.9 Å². The number of rotatable bonds is 4. The average Bonchev–Trinajstić information content (AvgIpc) is 2.75. The number of aromatic nitrogens is 1. The Labute approximate surface area is 167 Å². The van der Waals surface area contributed by atoms with E-state index in [2.05, 4.69) is 51.3 Å². The van der Waals surface area contributed by atoms with Crippen LogP contribution in [0.5, 0.6) is 0 Å². The molecule has 5 heteroatoms. The summed E-state index contributed by atoms with van der Waals surface area (Å²) in [7, 11) is 0. The predicted octanol–water partition coefficient (Wildman–Crippen LogP) is 3.78. The van der Waals surface area contributed by atoms with E-state index < -0.39 is 0 Å². The predicted molar refractivity (Wildman–Crippen MR) is 114 cm³/mol. The number of nitrogens with zero attached hydrogens (tertiary/aromatic N) is 3. The number of carbonyl (C=O) groups is 1. The van der Waals surface area contributed by atoms with Crippen molar-refractivity contribution in [1.29, 1.82) is 0 Å². The Kier molecular flexibility index (Phi) is 5.79. The Morgan fingerprint density at radius 3 is 2.32 bits per heavy atom. The molecule has 1 aromatic carbocycles. The maximum Gasteiger partial charge on any atom is 0.270 e. The van der Waals surface area contributed by atoms with Crippen LogP contribution in [0.4, 0.5) is 11.4 Å². The van der Waals surface area contributed by atoms with Gasteiger partial charge in [-0.25, -0.2) is 4.98 Å². The zero-order valence-corrected chi connectivity index (χ0v) is 16.7. The first-order valence-electron chi connectivity index (χ1n) is 10.5. The first-order chi connectivity index (χ1) is 13.7. The lowest BCUT2D eigenvalue weighted by Crippen LogP contribution is -2.46. The minimum atomic E-state index is -0.0392. The molecule has 1 aliphatic heterocycles. The molecule has 0 unspecified atom stereocenters. The SMILES string of the molecule is Cc1cccc(N2CCN(c3ccc(C(=O)NC4CCCCC4)nc3)CC2)c1. The van der Waals surface area contributed by atoms with E-state index >= 15 is 0 Å². The lowest BCUT2D eigenvalue weighted by molar-refractivity contribution is 0.0922. The molecule has 2 aromatic rings. The second-order valence-corrected chi connectivity index (χ2v) is 8.02. The minimum absolute atomic E-state index is 0.0392. The highest BCUT2D eigenvalue weighted by Crippen LogP contribution is 2.21. The smallest absolute Gasteiger partial charge is 0.270 e. The van der Waals surface area contributed by atoms with Crippen molar-refractivity contribution in [2.24, 2.45) is 0 Å². The Balaban J connectivity index is 1.32. The molecular weight excluding hydrogens is 348 g/mol. The van der Waals surface area contributed by atoms with Crippen LogP contribution in [-0.4, -0.2) is 43.1 Å². The van der Waals surface area contributed by atoms with E-state index in [1.165, 1.54) is 30.5 Å². The summed E-state index contributed by atoms with van der Waals surface area (Å²) in [4.78, 5) is 21.7. The van der Waals surface area contributed by atoms with Crippen LogP contribution >= 0.6 is 0 Å². The third kappa shape index (κ3) is 4.46. The second kappa shape index (κ2) is 8.63. The van der Waals surface area contributed by atoms with Crippen molar-refractivity contribution in [1.82, 2.24) is 10.3 Å². The molecule has 5 nitrogen and oxygen atoms in total. The first-order valence-corrected chi connectivity index (χ1v) is 10.5. The number of nitrogens with one attached hydrogen (secondary N) is 1. The zero-order chi connectivity index (χ0) is 19.3. The van der Waals surface area contributed by atoms with Gasteiger partial charge in [0, 0.05) is 37.9 Å². The van der Waals surface area contributed by atoms with Gasteiger partial charge in [-0.1, -0.05) is 31.4 Å². The van der Waals surface area contributed by atoms with Crippen molar-refractivity contribution in [2.45, 2.75) is 45.1 Å². The van der Waals surface area contributed by atoms with Gasteiger partial charge in [0.2, 0.25) is 0 Å². The number of hydrogen-bond acceptors (Lipinski definition) is 4. The molecule has 148 valence electrons. The summed E-state index contributed by atoms with van der Waals surface area (Å²) in [6.45, 7) is 6.05. The van der Waals surface area contributed by atoms with Crippen molar-refractivity contribution < 1.29 is 4.79 Å². The van der Waals surface area contributed by atoms with E-state index in [1.54, 1.807) is 0 Å². The third-order valence-corrected chi connectivity index (χ3v) is 5.93. The highest BCUT2D eigenvalue weighted by atomic mass is 16.1. The van der Waals surface area contributed by atoms with Crippen molar-refractivity contribution >= 4 is 17.3 Å². The van der Waals surface area contributed by atoms with E-state index in [0.717, 1.165) is 44.7 Å². The highest BCUT2D eigenvalue weighted by Gasteiger charge is 2.20. The monoisotopic (exact) mass is 378 g/mol. The van der Waals surface area contributed by atoms with Gasteiger partial charge in [0.05, 0.1) is 11.9 Å².